The number of hydrogen-bond donors (Lipinski definition) is 3. The Balaban J connectivity index is 0.000000579. The van der Waals surface area contributed by atoms with Crippen LogP contribution in [-0.2, 0) is 19.1 Å². The van der Waals surface area contributed by atoms with Crippen LogP contribution in [0.15, 0.2) is 85.0 Å². The summed E-state index contributed by atoms with van der Waals surface area (Å²) in [5.41, 5.74) is 0.545. The fourth-order valence-electron chi connectivity index (χ4n) is 2.36. The minimum atomic E-state index is -0.792. The summed E-state index contributed by atoms with van der Waals surface area (Å²) in [5.74, 6) is 0.429. The van der Waals surface area contributed by atoms with Gasteiger partial charge in [-0.2, -0.15) is 0 Å². The highest BCUT2D eigenvalue weighted by molar-refractivity contribution is 6.18. The van der Waals surface area contributed by atoms with E-state index in [1.54, 1.807) is 12.1 Å². The average molecular weight is 567 g/mol. The van der Waals surface area contributed by atoms with Gasteiger partial charge in [-0.05, 0) is 31.2 Å². The first kappa shape index (κ1) is 35.6. The lowest BCUT2D eigenvalue weighted by molar-refractivity contribution is -0.141. The van der Waals surface area contributed by atoms with Crippen LogP contribution in [-0.4, -0.2) is 72.0 Å². The summed E-state index contributed by atoms with van der Waals surface area (Å²) < 4.78 is 19.5. The monoisotopic (exact) mass is 566 g/mol. The van der Waals surface area contributed by atoms with Gasteiger partial charge in [0.25, 0.3) is 0 Å². The van der Waals surface area contributed by atoms with E-state index in [0.717, 1.165) is 0 Å². The third-order valence-corrected chi connectivity index (χ3v) is 4.80. The van der Waals surface area contributed by atoms with Crippen LogP contribution in [0.25, 0.3) is 0 Å². The summed E-state index contributed by atoms with van der Waals surface area (Å²) in [7, 11) is 1.28. The largest absolute Gasteiger partial charge is 0.491 e. The number of carbonyl (C=O) groups excluding carboxylic acids is 2. The Kier molecular flexibility index (Phi) is 19.7. The number of halogens is 1. The molecule has 0 fully saturated rings. The molecule has 0 aliphatic carbocycles. The molecule has 0 bridgehead atoms. The van der Waals surface area contributed by atoms with Gasteiger partial charge in [0, 0.05) is 24.0 Å². The maximum atomic E-state index is 11.0. The highest BCUT2D eigenvalue weighted by Gasteiger charge is 2.13. The molecule has 0 saturated heterocycles. The Morgan fingerprint density at radius 2 is 1.41 bits per heavy atom. The number of methoxy groups -OCH3 is 1. The second kappa shape index (κ2) is 21.6. The molecule has 3 atom stereocenters. The first-order chi connectivity index (χ1) is 18.5. The number of hydrogen-bond acceptors (Lipinski definition) is 9. The molecule has 3 N–H and O–H groups in total. The Hall–Kier alpha value is -3.37. The lowest BCUT2D eigenvalue weighted by atomic mass is 10.1. The van der Waals surface area contributed by atoms with Crippen LogP contribution in [0.1, 0.15) is 26.7 Å². The smallest absolute Gasteiger partial charge is 0.333 e. The molecule has 3 unspecified atom stereocenters. The van der Waals surface area contributed by atoms with Gasteiger partial charge in [-0.1, -0.05) is 56.5 Å². The number of rotatable bonds is 13. The molecule has 0 amide bonds. The van der Waals surface area contributed by atoms with E-state index >= 15 is 0 Å². The quantitative estimate of drug-likeness (QED) is 0.142. The van der Waals surface area contributed by atoms with Crippen molar-refractivity contribution in [2.24, 2.45) is 0 Å². The summed E-state index contributed by atoms with van der Waals surface area (Å²) in [4.78, 5) is 21.7. The van der Waals surface area contributed by atoms with Gasteiger partial charge in [-0.15, -0.1) is 11.6 Å². The van der Waals surface area contributed by atoms with Gasteiger partial charge in [-0.25, -0.2) is 9.59 Å². The van der Waals surface area contributed by atoms with Crippen LogP contribution in [0.2, 0.25) is 0 Å². The molecule has 2 rings (SSSR count). The highest BCUT2D eigenvalue weighted by Crippen LogP contribution is 2.12. The van der Waals surface area contributed by atoms with Gasteiger partial charge < -0.3 is 34.3 Å². The maximum absolute atomic E-state index is 11.0. The first-order valence-electron chi connectivity index (χ1n) is 12.1. The van der Waals surface area contributed by atoms with Crippen molar-refractivity contribution in [1.29, 1.82) is 0 Å². The zero-order chi connectivity index (χ0) is 29.6. The molecule has 0 saturated carbocycles. The van der Waals surface area contributed by atoms with Crippen LogP contribution < -0.4 is 9.47 Å². The number of alkyl halides is 1. The van der Waals surface area contributed by atoms with Gasteiger partial charge in [0.15, 0.2) is 6.29 Å². The van der Waals surface area contributed by atoms with E-state index in [-0.39, 0.29) is 31.1 Å². The van der Waals surface area contributed by atoms with Crippen molar-refractivity contribution in [1.82, 2.24) is 0 Å². The van der Waals surface area contributed by atoms with Gasteiger partial charge in [-0.3, -0.25) is 0 Å². The molecule has 0 radical (unpaired) electrons. The van der Waals surface area contributed by atoms with E-state index in [0.29, 0.717) is 23.5 Å². The Morgan fingerprint density at radius 1 is 0.872 bits per heavy atom. The van der Waals surface area contributed by atoms with Crippen molar-refractivity contribution in [3.63, 3.8) is 0 Å². The zero-order valence-corrected chi connectivity index (χ0v) is 23.4. The van der Waals surface area contributed by atoms with Crippen LogP contribution >= 0.6 is 11.6 Å². The van der Waals surface area contributed by atoms with Gasteiger partial charge >= 0.3 is 11.9 Å². The van der Waals surface area contributed by atoms with E-state index in [1.165, 1.54) is 14.0 Å². The van der Waals surface area contributed by atoms with Gasteiger partial charge in [0.1, 0.15) is 30.8 Å². The van der Waals surface area contributed by atoms with Crippen molar-refractivity contribution >= 4 is 23.5 Å². The number of para-hydroxylation sites is 2. The normalized spacial score (nSPS) is 12.1. The molecule has 216 valence electrons. The molecule has 9 nitrogen and oxygen atoms in total. The van der Waals surface area contributed by atoms with Gasteiger partial charge in [0.2, 0.25) is 0 Å². The van der Waals surface area contributed by atoms with E-state index in [4.69, 9.17) is 31.3 Å². The standard InChI is InChI=1S/C13H16O4.C9H12O2.C7H11ClO3/c1-10(13(15)16-2)8-11(14)9-17-12-6-4-3-5-7-12;1-2-9(10)11-8-6-4-3-5-7-8;1-5(2)7(10)11-4-6(9)3-8/h3-7,11,14H,1,8-9H2,2H3;3-7,9-10H,2H2,1H3;6,9H,1,3-4H2,2H3. The third-order valence-electron chi connectivity index (χ3n) is 4.44. The van der Waals surface area contributed by atoms with Crippen molar-refractivity contribution in [2.75, 3.05) is 26.2 Å². The first-order valence-corrected chi connectivity index (χ1v) is 12.7. The molecule has 0 spiro atoms. The minimum Gasteiger partial charge on any atom is -0.491 e. The molecule has 39 heavy (non-hydrogen) atoms. The van der Waals surface area contributed by atoms with Crippen LogP contribution in [0, 0.1) is 0 Å². The molecule has 2 aromatic rings. The lowest BCUT2D eigenvalue weighted by Gasteiger charge is -2.12. The second-order valence-corrected chi connectivity index (χ2v) is 8.37. The van der Waals surface area contributed by atoms with E-state index in [2.05, 4.69) is 22.6 Å². The number of carbonyl (C=O) groups is 2. The number of aliphatic hydroxyl groups excluding tert-OH is 3. The maximum Gasteiger partial charge on any atom is 0.333 e. The predicted molar refractivity (Wildman–Crippen MR) is 150 cm³/mol. The number of benzene rings is 2. The van der Waals surface area contributed by atoms with Crippen molar-refractivity contribution in [2.45, 2.75) is 45.2 Å². The van der Waals surface area contributed by atoms with E-state index < -0.39 is 30.4 Å². The summed E-state index contributed by atoms with van der Waals surface area (Å²) in [5, 5.41) is 27.6. The summed E-state index contributed by atoms with van der Waals surface area (Å²) >= 11 is 5.25. The molecule has 0 aliphatic heterocycles. The Morgan fingerprint density at radius 3 is 1.87 bits per heavy atom. The molecule has 0 heterocycles. The van der Waals surface area contributed by atoms with Crippen LogP contribution in [0.3, 0.4) is 0 Å². The fraction of sp³-hybridized carbons (Fsp3) is 0.379. The number of esters is 2. The summed E-state index contributed by atoms with van der Waals surface area (Å²) in [6, 6.07) is 18.4. The fourth-order valence-corrected chi connectivity index (χ4v) is 2.45. The molecule has 10 heteroatoms. The van der Waals surface area contributed by atoms with Gasteiger partial charge in [0.05, 0.1) is 19.1 Å². The third kappa shape index (κ3) is 18.5. The molecule has 2 aromatic carbocycles. The number of ether oxygens (including phenoxy) is 4. The highest BCUT2D eigenvalue weighted by atomic mass is 35.5. The predicted octanol–water partition coefficient (Wildman–Crippen LogP) is 4.04. The van der Waals surface area contributed by atoms with Crippen molar-refractivity contribution in [3.8, 4) is 11.5 Å². The topological polar surface area (TPSA) is 132 Å². The second-order valence-electron chi connectivity index (χ2n) is 8.06. The minimum absolute atomic E-state index is 0.0590. The van der Waals surface area contributed by atoms with Crippen molar-refractivity contribution < 1.29 is 43.9 Å². The molecular formula is C29H39ClO9. The van der Waals surface area contributed by atoms with E-state index in [1.807, 2.05) is 55.5 Å². The molecular weight excluding hydrogens is 528 g/mol. The lowest BCUT2D eigenvalue weighted by Crippen LogP contribution is -2.20. The van der Waals surface area contributed by atoms with Crippen molar-refractivity contribution in [3.05, 3.63) is 85.0 Å². The molecule has 0 aromatic heterocycles. The van der Waals surface area contributed by atoms with Crippen LogP contribution in [0.5, 0.6) is 11.5 Å². The zero-order valence-electron chi connectivity index (χ0n) is 22.6. The Bertz CT molecular complexity index is 967. The number of aliphatic hydroxyl groups is 3. The summed E-state index contributed by atoms with van der Waals surface area (Å²) in [6.07, 6.45) is -1.51. The van der Waals surface area contributed by atoms with Crippen LogP contribution in [0.4, 0.5) is 0 Å². The SMILES string of the molecule is C=C(C)C(=O)OCC(O)CCl.C=C(CC(O)COc1ccccc1)C(=O)OC.CCC(O)Oc1ccccc1. The van der Waals surface area contributed by atoms with E-state index in [9.17, 15) is 14.7 Å². The Labute approximate surface area is 235 Å². The summed E-state index contributed by atoms with van der Waals surface area (Å²) in [6.45, 7) is 10.3. The average Bonchev–Trinajstić information content (AvgIpc) is 2.95. The molecule has 0 aliphatic rings.